The average Bonchev–Trinajstić information content (AvgIpc) is 2.72. The van der Waals surface area contributed by atoms with Gasteiger partial charge in [0, 0.05) is 5.56 Å². The SMILES string of the molecule is C#Cc1cc(OCc2ccccc2)cc(-c2ccc3c(c2)OCCO3)c1. The minimum absolute atomic E-state index is 0.495. The van der Waals surface area contributed by atoms with Gasteiger partial charge in [-0.05, 0) is 47.0 Å². The van der Waals surface area contributed by atoms with Gasteiger partial charge >= 0.3 is 0 Å². The van der Waals surface area contributed by atoms with Gasteiger partial charge in [0.2, 0.25) is 0 Å². The first-order valence-corrected chi connectivity index (χ1v) is 8.50. The maximum atomic E-state index is 5.96. The lowest BCUT2D eigenvalue weighted by atomic mass is 10.0. The lowest BCUT2D eigenvalue weighted by molar-refractivity contribution is 0.171. The van der Waals surface area contributed by atoms with Crippen molar-refractivity contribution in [3.05, 3.63) is 77.9 Å². The van der Waals surface area contributed by atoms with Crippen molar-refractivity contribution in [2.75, 3.05) is 13.2 Å². The fourth-order valence-corrected chi connectivity index (χ4v) is 2.90. The van der Waals surface area contributed by atoms with Gasteiger partial charge in [-0.3, -0.25) is 0 Å². The highest BCUT2D eigenvalue weighted by molar-refractivity contribution is 5.70. The molecule has 3 nitrogen and oxygen atoms in total. The van der Waals surface area contributed by atoms with E-state index in [0.29, 0.717) is 19.8 Å². The van der Waals surface area contributed by atoms with Gasteiger partial charge in [-0.25, -0.2) is 0 Å². The van der Waals surface area contributed by atoms with E-state index in [1.807, 2.05) is 66.7 Å². The molecule has 0 aromatic heterocycles. The van der Waals surface area contributed by atoms with Crippen molar-refractivity contribution in [3.8, 4) is 40.7 Å². The van der Waals surface area contributed by atoms with E-state index in [1.54, 1.807) is 0 Å². The number of hydrogen-bond donors (Lipinski definition) is 0. The van der Waals surface area contributed by atoms with Crippen LogP contribution in [0.1, 0.15) is 11.1 Å². The lowest BCUT2D eigenvalue weighted by Gasteiger charge is -2.19. The quantitative estimate of drug-likeness (QED) is 0.644. The highest BCUT2D eigenvalue weighted by Gasteiger charge is 2.13. The molecule has 0 atom stereocenters. The number of rotatable bonds is 4. The van der Waals surface area contributed by atoms with E-state index < -0.39 is 0 Å². The fraction of sp³-hybridized carbons (Fsp3) is 0.130. The summed E-state index contributed by atoms with van der Waals surface area (Å²) < 4.78 is 17.2. The van der Waals surface area contributed by atoms with Crippen LogP contribution < -0.4 is 14.2 Å². The number of ether oxygens (including phenoxy) is 3. The van der Waals surface area contributed by atoms with Crippen LogP contribution in [0.4, 0.5) is 0 Å². The standard InChI is InChI=1S/C23H18O3/c1-2-17-12-20(19-8-9-22-23(15-19)25-11-10-24-22)14-21(13-17)26-16-18-6-4-3-5-7-18/h1,3-9,12-15H,10-11,16H2. The Balaban J connectivity index is 1.63. The van der Waals surface area contributed by atoms with E-state index in [2.05, 4.69) is 5.92 Å². The molecule has 0 radical (unpaired) electrons. The first-order chi connectivity index (χ1) is 12.8. The Kier molecular flexibility index (Phi) is 4.49. The van der Waals surface area contributed by atoms with Gasteiger partial charge in [0.25, 0.3) is 0 Å². The summed E-state index contributed by atoms with van der Waals surface area (Å²) in [6.07, 6.45) is 5.63. The molecule has 0 saturated heterocycles. The van der Waals surface area contributed by atoms with Crippen LogP contribution in [0.2, 0.25) is 0 Å². The van der Waals surface area contributed by atoms with Crippen LogP contribution in [0.5, 0.6) is 17.2 Å². The molecule has 0 amide bonds. The second-order valence-corrected chi connectivity index (χ2v) is 6.02. The fourth-order valence-electron chi connectivity index (χ4n) is 2.90. The van der Waals surface area contributed by atoms with Gasteiger partial charge in [-0.15, -0.1) is 6.42 Å². The van der Waals surface area contributed by atoms with E-state index >= 15 is 0 Å². The van der Waals surface area contributed by atoms with Gasteiger partial charge in [0.15, 0.2) is 11.5 Å². The summed E-state index contributed by atoms with van der Waals surface area (Å²) in [5.41, 5.74) is 3.89. The Bertz CT molecular complexity index is 955. The molecule has 0 saturated carbocycles. The topological polar surface area (TPSA) is 27.7 Å². The third kappa shape index (κ3) is 3.50. The molecular formula is C23H18O3. The summed E-state index contributed by atoms with van der Waals surface area (Å²) in [4.78, 5) is 0. The van der Waals surface area contributed by atoms with Crippen LogP contribution >= 0.6 is 0 Å². The molecule has 0 bridgehead atoms. The normalized spacial score (nSPS) is 12.3. The summed E-state index contributed by atoms with van der Waals surface area (Å²) in [5, 5.41) is 0. The van der Waals surface area contributed by atoms with Crippen LogP contribution in [-0.2, 0) is 6.61 Å². The molecular weight excluding hydrogens is 324 g/mol. The molecule has 0 fully saturated rings. The molecule has 1 aliphatic rings. The molecule has 3 aromatic carbocycles. The Morgan fingerprint density at radius 1 is 0.846 bits per heavy atom. The lowest BCUT2D eigenvalue weighted by Crippen LogP contribution is -2.15. The molecule has 26 heavy (non-hydrogen) atoms. The van der Waals surface area contributed by atoms with Gasteiger partial charge in [-0.1, -0.05) is 42.3 Å². The third-order valence-corrected chi connectivity index (χ3v) is 4.20. The minimum atomic E-state index is 0.495. The molecule has 0 spiro atoms. The maximum absolute atomic E-state index is 5.96. The highest BCUT2D eigenvalue weighted by atomic mass is 16.6. The summed E-state index contributed by atoms with van der Waals surface area (Å²) in [6.45, 7) is 1.64. The van der Waals surface area contributed by atoms with Crippen LogP contribution in [0.3, 0.4) is 0 Å². The van der Waals surface area contributed by atoms with Crippen molar-refractivity contribution < 1.29 is 14.2 Å². The first kappa shape index (κ1) is 16.1. The second-order valence-electron chi connectivity index (χ2n) is 6.02. The van der Waals surface area contributed by atoms with Gasteiger partial charge in [0.1, 0.15) is 25.6 Å². The second kappa shape index (κ2) is 7.25. The molecule has 3 aromatic rings. The van der Waals surface area contributed by atoms with Crippen molar-refractivity contribution in [1.82, 2.24) is 0 Å². The maximum Gasteiger partial charge on any atom is 0.161 e. The number of hydrogen-bond acceptors (Lipinski definition) is 3. The molecule has 0 N–H and O–H groups in total. The smallest absolute Gasteiger partial charge is 0.161 e. The number of fused-ring (bicyclic) bond motifs is 1. The van der Waals surface area contributed by atoms with Gasteiger partial charge in [-0.2, -0.15) is 0 Å². The zero-order chi connectivity index (χ0) is 17.8. The van der Waals surface area contributed by atoms with Crippen molar-refractivity contribution >= 4 is 0 Å². The van der Waals surface area contributed by atoms with E-state index in [-0.39, 0.29) is 0 Å². The molecule has 3 heteroatoms. The number of benzene rings is 3. The molecule has 0 unspecified atom stereocenters. The van der Waals surface area contributed by atoms with E-state index in [0.717, 1.165) is 39.5 Å². The Hall–Kier alpha value is -3.38. The van der Waals surface area contributed by atoms with Crippen molar-refractivity contribution in [2.24, 2.45) is 0 Å². The van der Waals surface area contributed by atoms with Crippen LogP contribution in [-0.4, -0.2) is 13.2 Å². The average molecular weight is 342 g/mol. The largest absolute Gasteiger partial charge is 0.489 e. The van der Waals surface area contributed by atoms with Crippen molar-refractivity contribution in [1.29, 1.82) is 0 Å². The summed E-state index contributed by atoms with van der Waals surface area (Å²) in [6, 6.07) is 21.8. The van der Waals surface area contributed by atoms with Crippen LogP contribution in [0.15, 0.2) is 66.7 Å². The molecule has 1 heterocycles. The zero-order valence-electron chi connectivity index (χ0n) is 14.3. The summed E-state index contributed by atoms with van der Waals surface area (Å²) in [7, 11) is 0. The van der Waals surface area contributed by atoms with Gasteiger partial charge < -0.3 is 14.2 Å². The zero-order valence-corrected chi connectivity index (χ0v) is 14.3. The summed E-state index contributed by atoms with van der Waals surface area (Å²) >= 11 is 0. The minimum Gasteiger partial charge on any atom is -0.489 e. The Morgan fingerprint density at radius 3 is 2.46 bits per heavy atom. The van der Waals surface area contributed by atoms with E-state index in [9.17, 15) is 0 Å². The highest BCUT2D eigenvalue weighted by Crippen LogP contribution is 2.35. The molecule has 128 valence electrons. The van der Waals surface area contributed by atoms with E-state index in [4.69, 9.17) is 20.6 Å². The van der Waals surface area contributed by atoms with E-state index in [1.165, 1.54) is 0 Å². The number of terminal acetylenes is 1. The van der Waals surface area contributed by atoms with Gasteiger partial charge in [0.05, 0.1) is 0 Å². The van der Waals surface area contributed by atoms with Crippen molar-refractivity contribution in [2.45, 2.75) is 6.61 Å². The first-order valence-electron chi connectivity index (χ1n) is 8.50. The van der Waals surface area contributed by atoms with Crippen LogP contribution in [0, 0.1) is 12.3 Å². The predicted molar refractivity (Wildman–Crippen MR) is 102 cm³/mol. The molecule has 4 rings (SSSR count). The summed E-state index contributed by atoms with van der Waals surface area (Å²) in [5.74, 6) is 4.97. The molecule has 1 aliphatic heterocycles. The molecule has 0 aliphatic carbocycles. The Labute approximate surface area is 153 Å². The Morgan fingerprint density at radius 2 is 1.65 bits per heavy atom. The predicted octanol–water partition coefficient (Wildman–Crippen LogP) is 4.69. The van der Waals surface area contributed by atoms with Crippen molar-refractivity contribution in [3.63, 3.8) is 0 Å². The monoisotopic (exact) mass is 342 g/mol. The third-order valence-electron chi connectivity index (χ3n) is 4.20. The van der Waals surface area contributed by atoms with Crippen LogP contribution in [0.25, 0.3) is 11.1 Å².